The second-order valence-corrected chi connectivity index (χ2v) is 7.83. The van der Waals surface area contributed by atoms with Crippen LogP contribution in [0, 0.1) is 11.2 Å². The number of esters is 1. The second-order valence-electron chi connectivity index (χ2n) is 7.83. The van der Waals surface area contributed by atoms with Crippen LogP contribution in [0.4, 0.5) is 4.39 Å². The van der Waals surface area contributed by atoms with Crippen molar-refractivity contribution in [2.75, 3.05) is 19.7 Å². The second kappa shape index (κ2) is 8.79. The average molecular weight is 421 g/mol. The zero-order valence-corrected chi connectivity index (χ0v) is 17.4. The minimum atomic E-state index is -0.998. The van der Waals surface area contributed by atoms with Gasteiger partial charge in [-0.1, -0.05) is 24.3 Å². The van der Waals surface area contributed by atoms with Gasteiger partial charge >= 0.3 is 5.97 Å². The van der Waals surface area contributed by atoms with E-state index < -0.39 is 11.4 Å². The monoisotopic (exact) mass is 421 g/mol. The lowest BCUT2D eigenvalue weighted by molar-refractivity contribution is -0.158. The van der Waals surface area contributed by atoms with Gasteiger partial charge in [-0.2, -0.15) is 0 Å². The molecule has 0 saturated carbocycles. The molecule has 1 atom stereocenters. The Kier molecular flexibility index (Phi) is 5.93. The lowest BCUT2D eigenvalue weighted by atomic mass is 9.74. The molecule has 0 N–H and O–H groups in total. The molecule has 7 heteroatoms. The Morgan fingerprint density at radius 1 is 1.13 bits per heavy atom. The molecule has 0 spiro atoms. The number of rotatable bonds is 5. The molecule has 1 fully saturated rings. The van der Waals surface area contributed by atoms with Crippen molar-refractivity contribution in [3.8, 4) is 0 Å². The predicted octanol–water partition coefficient (Wildman–Crippen LogP) is 3.80. The topological polar surface area (TPSA) is 72.4 Å². The van der Waals surface area contributed by atoms with Crippen molar-refractivity contribution in [2.45, 2.75) is 26.2 Å². The van der Waals surface area contributed by atoms with E-state index in [0.717, 1.165) is 0 Å². The molecule has 2 aromatic carbocycles. The molecule has 0 aliphatic carbocycles. The van der Waals surface area contributed by atoms with Crippen LogP contribution in [0.1, 0.15) is 35.7 Å². The van der Waals surface area contributed by atoms with E-state index in [1.165, 1.54) is 6.07 Å². The molecular formula is C24H24FN3O3. The van der Waals surface area contributed by atoms with Crippen molar-refractivity contribution in [3.63, 3.8) is 0 Å². The zero-order chi connectivity index (χ0) is 21.8. The molecule has 2 heterocycles. The number of carbonyl (C=O) groups is 2. The quantitative estimate of drug-likeness (QED) is 0.586. The van der Waals surface area contributed by atoms with Crippen LogP contribution in [-0.4, -0.2) is 46.4 Å². The van der Waals surface area contributed by atoms with Crippen molar-refractivity contribution in [1.82, 2.24) is 14.9 Å². The molecule has 0 radical (unpaired) electrons. The Morgan fingerprint density at radius 3 is 2.74 bits per heavy atom. The van der Waals surface area contributed by atoms with Crippen LogP contribution in [0.15, 0.2) is 54.9 Å². The smallest absolute Gasteiger partial charge is 0.314 e. The molecule has 1 aromatic heterocycles. The fourth-order valence-electron chi connectivity index (χ4n) is 4.31. The van der Waals surface area contributed by atoms with E-state index in [1.807, 2.05) is 0 Å². The Hall–Kier alpha value is -3.35. The van der Waals surface area contributed by atoms with E-state index in [0.29, 0.717) is 41.5 Å². The van der Waals surface area contributed by atoms with Crippen molar-refractivity contribution in [1.29, 1.82) is 0 Å². The van der Waals surface area contributed by atoms with Gasteiger partial charge in [0.2, 0.25) is 0 Å². The number of hydrogen-bond acceptors (Lipinski definition) is 5. The number of ether oxygens (including phenoxy) is 1. The van der Waals surface area contributed by atoms with Gasteiger partial charge in [-0.25, -0.2) is 4.39 Å². The fourth-order valence-corrected chi connectivity index (χ4v) is 4.31. The van der Waals surface area contributed by atoms with E-state index in [9.17, 15) is 14.0 Å². The molecule has 160 valence electrons. The average Bonchev–Trinajstić information content (AvgIpc) is 2.80. The number of para-hydroxylation sites is 1. The predicted molar refractivity (Wildman–Crippen MR) is 114 cm³/mol. The first kappa shape index (κ1) is 20.9. The lowest BCUT2D eigenvalue weighted by Gasteiger charge is -2.41. The summed E-state index contributed by atoms with van der Waals surface area (Å²) < 4.78 is 19.8. The highest BCUT2D eigenvalue weighted by atomic mass is 19.1. The van der Waals surface area contributed by atoms with Crippen molar-refractivity contribution in [2.24, 2.45) is 5.41 Å². The van der Waals surface area contributed by atoms with Crippen LogP contribution < -0.4 is 0 Å². The third-order valence-corrected chi connectivity index (χ3v) is 5.79. The van der Waals surface area contributed by atoms with Gasteiger partial charge in [0.25, 0.3) is 5.91 Å². The third-order valence-electron chi connectivity index (χ3n) is 5.79. The Bertz CT molecular complexity index is 1110. The number of carbonyl (C=O) groups excluding carboxylic acids is 2. The molecule has 1 aliphatic rings. The SMILES string of the molecule is CCOC(=O)[C@]1(Cc2ccccc2F)CCCN(C(=O)c2cccc3nccnc23)C1. The number of fused-ring (bicyclic) bond motifs is 1. The largest absolute Gasteiger partial charge is 0.466 e. The Balaban J connectivity index is 1.68. The van der Waals surface area contributed by atoms with Crippen LogP contribution in [0.5, 0.6) is 0 Å². The van der Waals surface area contributed by atoms with E-state index in [1.54, 1.807) is 60.6 Å². The van der Waals surface area contributed by atoms with E-state index >= 15 is 0 Å². The minimum Gasteiger partial charge on any atom is -0.466 e. The summed E-state index contributed by atoms with van der Waals surface area (Å²) in [7, 11) is 0. The summed E-state index contributed by atoms with van der Waals surface area (Å²) in [6.07, 6.45) is 4.46. The number of piperidine rings is 1. The summed E-state index contributed by atoms with van der Waals surface area (Å²) in [4.78, 5) is 36.7. The lowest BCUT2D eigenvalue weighted by Crippen LogP contribution is -2.51. The van der Waals surface area contributed by atoms with Crippen LogP contribution in [-0.2, 0) is 16.0 Å². The first-order valence-corrected chi connectivity index (χ1v) is 10.4. The van der Waals surface area contributed by atoms with Crippen molar-refractivity contribution in [3.05, 3.63) is 71.8 Å². The van der Waals surface area contributed by atoms with Gasteiger partial charge in [0, 0.05) is 25.5 Å². The Labute approximate surface area is 180 Å². The first-order chi connectivity index (χ1) is 15.0. The number of halogens is 1. The van der Waals surface area contributed by atoms with Crippen LogP contribution in [0.2, 0.25) is 0 Å². The zero-order valence-electron chi connectivity index (χ0n) is 17.4. The molecular weight excluding hydrogens is 397 g/mol. The highest BCUT2D eigenvalue weighted by Crippen LogP contribution is 2.36. The fraction of sp³-hybridized carbons (Fsp3) is 0.333. The summed E-state index contributed by atoms with van der Waals surface area (Å²) in [5, 5.41) is 0. The summed E-state index contributed by atoms with van der Waals surface area (Å²) in [5.41, 5.74) is 1.05. The number of aromatic nitrogens is 2. The van der Waals surface area contributed by atoms with Gasteiger partial charge in [0.05, 0.1) is 23.1 Å². The van der Waals surface area contributed by atoms with Crippen LogP contribution in [0.25, 0.3) is 11.0 Å². The molecule has 31 heavy (non-hydrogen) atoms. The molecule has 3 aromatic rings. The number of nitrogens with zero attached hydrogens (tertiary/aromatic N) is 3. The first-order valence-electron chi connectivity index (χ1n) is 10.4. The maximum atomic E-state index is 14.4. The number of likely N-dealkylation sites (tertiary alicyclic amines) is 1. The highest BCUT2D eigenvalue weighted by Gasteiger charge is 2.45. The molecule has 1 saturated heterocycles. The summed E-state index contributed by atoms with van der Waals surface area (Å²) in [6, 6.07) is 11.7. The number of benzene rings is 2. The molecule has 4 rings (SSSR count). The highest BCUT2D eigenvalue weighted by molar-refractivity contribution is 6.04. The van der Waals surface area contributed by atoms with Gasteiger partial charge < -0.3 is 9.64 Å². The molecule has 0 unspecified atom stereocenters. The maximum absolute atomic E-state index is 14.4. The Morgan fingerprint density at radius 2 is 1.94 bits per heavy atom. The van der Waals surface area contributed by atoms with Crippen molar-refractivity contribution < 1.29 is 18.7 Å². The van der Waals surface area contributed by atoms with E-state index in [2.05, 4.69) is 9.97 Å². The van der Waals surface area contributed by atoms with Gasteiger partial charge in [0.1, 0.15) is 11.3 Å². The molecule has 1 aliphatic heterocycles. The molecule has 0 bridgehead atoms. The molecule has 1 amide bonds. The van der Waals surface area contributed by atoms with Gasteiger partial charge in [-0.3, -0.25) is 19.6 Å². The standard InChI is InChI=1S/C24H24FN3O3/c1-2-31-23(30)24(15-17-7-3-4-9-19(17)25)11-6-14-28(16-24)22(29)18-8-5-10-20-21(18)27-13-12-26-20/h3-5,7-10,12-13H,2,6,11,14-16H2,1H3/t24-/m0/s1. The minimum absolute atomic E-state index is 0.162. The van der Waals surface area contributed by atoms with Crippen LogP contribution >= 0.6 is 0 Å². The normalized spacial score (nSPS) is 18.7. The maximum Gasteiger partial charge on any atom is 0.314 e. The van der Waals surface area contributed by atoms with Crippen molar-refractivity contribution >= 4 is 22.9 Å². The number of hydrogen-bond donors (Lipinski definition) is 0. The number of amides is 1. The van der Waals surface area contributed by atoms with E-state index in [-0.39, 0.29) is 31.3 Å². The van der Waals surface area contributed by atoms with E-state index in [4.69, 9.17) is 4.74 Å². The van der Waals surface area contributed by atoms with Gasteiger partial charge in [-0.15, -0.1) is 0 Å². The summed E-state index contributed by atoms with van der Waals surface area (Å²) in [6.45, 7) is 2.64. The van der Waals surface area contributed by atoms with Gasteiger partial charge in [0.15, 0.2) is 0 Å². The summed E-state index contributed by atoms with van der Waals surface area (Å²) >= 11 is 0. The molecule has 6 nitrogen and oxygen atoms in total. The van der Waals surface area contributed by atoms with Gasteiger partial charge in [-0.05, 0) is 49.9 Å². The van der Waals surface area contributed by atoms with Crippen LogP contribution in [0.3, 0.4) is 0 Å². The third kappa shape index (κ3) is 4.13. The summed E-state index contributed by atoms with van der Waals surface area (Å²) in [5.74, 6) is -0.972.